The van der Waals surface area contributed by atoms with E-state index in [1.807, 2.05) is 13.8 Å². The highest BCUT2D eigenvalue weighted by molar-refractivity contribution is 5.76. The van der Waals surface area contributed by atoms with Crippen LogP contribution >= 0.6 is 0 Å². The van der Waals surface area contributed by atoms with Gasteiger partial charge in [0, 0.05) is 43.9 Å². The topological polar surface area (TPSA) is 42.0 Å². The number of piperazine rings is 1. The van der Waals surface area contributed by atoms with Crippen LogP contribution in [0.3, 0.4) is 0 Å². The molecule has 0 aliphatic carbocycles. The van der Waals surface area contributed by atoms with Crippen LogP contribution < -0.4 is 0 Å². The minimum Gasteiger partial charge on any atom is -0.459 e. The number of hydrogen-bond acceptors (Lipinski definition) is 5. The van der Waals surface area contributed by atoms with Crippen LogP contribution in [0.2, 0.25) is 0 Å². The van der Waals surface area contributed by atoms with Gasteiger partial charge < -0.3 is 9.47 Å². The molecule has 0 spiro atoms. The van der Waals surface area contributed by atoms with Crippen molar-refractivity contribution in [2.75, 3.05) is 32.8 Å². The lowest BCUT2D eigenvalue weighted by Gasteiger charge is -2.51. The Bertz CT molecular complexity index is 1040. The monoisotopic (exact) mass is 709 g/mol. The molecule has 1 fully saturated rings. The molecule has 0 N–H and O–H groups in total. The number of esters is 1. The molecule has 50 heavy (non-hydrogen) atoms. The Hall–Kier alpha value is -0.650. The summed E-state index contributed by atoms with van der Waals surface area (Å²) < 4.78 is 13.1. The Morgan fingerprint density at radius 2 is 0.880 bits per heavy atom. The maximum Gasteiger partial charge on any atom is 0.312 e. The summed E-state index contributed by atoms with van der Waals surface area (Å²) in [7, 11) is 0. The van der Waals surface area contributed by atoms with Crippen LogP contribution in [0.1, 0.15) is 198 Å². The molecule has 0 saturated carbocycles. The smallest absolute Gasteiger partial charge is 0.312 e. The minimum atomic E-state index is -0.595. The van der Waals surface area contributed by atoms with E-state index >= 15 is 0 Å². The predicted octanol–water partition coefficient (Wildman–Crippen LogP) is 12.5. The van der Waals surface area contributed by atoms with Gasteiger partial charge >= 0.3 is 5.97 Å². The minimum absolute atomic E-state index is 0.0119. The third-order valence-electron chi connectivity index (χ3n) is 12.2. The summed E-state index contributed by atoms with van der Waals surface area (Å²) in [5.74, 6) is -0.0923. The fourth-order valence-electron chi connectivity index (χ4n) is 8.95. The second-order valence-electron chi connectivity index (χ2n) is 23.2. The first kappa shape index (κ1) is 49.4. The van der Waals surface area contributed by atoms with Crippen molar-refractivity contribution in [2.45, 2.75) is 221 Å². The molecular weight excluding hydrogens is 617 g/mol. The molecule has 0 atom stereocenters. The van der Waals surface area contributed by atoms with Gasteiger partial charge in [-0.15, -0.1) is 0 Å². The van der Waals surface area contributed by atoms with Gasteiger partial charge in [0.05, 0.1) is 11.0 Å². The standard InChI is InChI=1S/C43H86N2O3.C2H6/c1-34(2,3)29-39(13,14)43(21,22)47-28-23-37(9,10)38(11,12)32-42(19,20)48-33(46)36(7,8)31-41(17,18)45-26-24-44(25-27-45)40(15,16)30-35(4,5)6;1-2/h23-32H2,1-22H3;1-2H3. The largest absolute Gasteiger partial charge is 0.459 e. The molecule has 0 aromatic carbocycles. The van der Waals surface area contributed by atoms with Crippen LogP contribution in [0.25, 0.3) is 0 Å². The van der Waals surface area contributed by atoms with E-state index in [-0.39, 0.29) is 44.3 Å². The van der Waals surface area contributed by atoms with Gasteiger partial charge in [-0.05, 0) is 128 Å². The van der Waals surface area contributed by atoms with Gasteiger partial charge in [-0.3, -0.25) is 14.6 Å². The van der Waals surface area contributed by atoms with Gasteiger partial charge in [-0.1, -0.05) is 96.9 Å². The highest BCUT2D eigenvalue weighted by atomic mass is 16.6. The lowest BCUT2D eigenvalue weighted by Crippen LogP contribution is -2.60. The maximum absolute atomic E-state index is 13.9. The van der Waals surface area contributed by atoms with E-state index < -0.39 is 11.0 Å². The fraction of sp³-hybridized carbons (Fsp3) is 0.978. The summed E-state index contributed by atoms with van der Waals surface area (Å²) in [6.45, 7) is 59.1. The normalized spacial score (nSPS) is 17.4. The first-order chi connectivity index (χ1) is 21.9. The Kier molecular flexibility index (Phi) is 16.6. The SMILES string of the molecule is CC.CC(C)(C)CC(C)(C)N1CCN(C(C)(C)CC(C)(C)C(=O)OC(C)(C)CC(C)(C)C(C)(C)CCOC(C)(C)C(C)(C)CC(C)(C)C)CC1. The first-order valence-electron chi connectivity index (χ1n) is 20.2. The molecule has 1 heterocycles. The van der Waals surface area contributed by atoms with Crippen LogP contribution in [0.15, 0.2) is 0 Å². The summed E-state index contributed by atoms with van der Waals surface area (Å²) in [5, 5.41) is 0. The zero-order valence-corrected chi connectivity index (χ0v) is 38.7. The highest BCUT2D eigenvalue weighted by Crippen LogP contribution is 2.49. The molecule has 5 nitrogen and oxygen atoms in total. The third-order valence-corrected chi connectivity index (χ3v) is 12.2. The van der Waals surface area contributed by atoms with Gasteiger partial charge in [0.2, 0.25) is 0 Å². The van der Waals surface area contributed by atoms with Gasteiger partial charge in [0.25, 0.3) is 0 Å². The molecule has 1 aliphatic heterocycles. The van der Waals surface area contributed by atoms with E-state index in [0.29, 0.717) is 12.0 Å². The number of hydrogen-bond donors (Lipinski definition) is 0. The molecule has 0 unspecified atom stereocenters. The fourth-order valence-corrected chi connectivity index (χ4v) is 8.95. The second-order valence-corrected chi connectivity index (χ2v) is 23.2. The number of nitrogens with zero attached hydrogens (tertiary/aromatic N) is 2. The van der Waals surface area contributed by atoms with E-state index in [1.165, 1.54) is 6.42 Å². The van der Waals surface area contributed by atoms with Crippen LogP contribution in [0.5, 0.6) is 0 Å². The van der Waals surface area contributed by atoms with Crippen molar-refractivity contribution in [2.24, 2.45) is 32.5 Å². The Labute approximate surface area is 315 Å². The average molecular weight is 709 g/mol. The van der Waals surface area contributed by atoms with E-state index in [1.54, 1.807) is 0 Å². The third kappa shape index (κ3) is 15.0. The maximum atomic E-state index is 13.9. The summed E-state index contributed by atoms with van der Waals surface area (Å²) >= 11 is 0. The first-order valence-corrected chi connectivity index (χ1v) is 20.2. The van der Waals surface area contributed by atoms with E-state index in [0.717, 1.165) is 51.9 Å². The average Bonchev–Trinajstić information content (AvgIpc) is 2.85. The molecule has 0 aromatic rings. The van der Waals surface area contributed by atoms with Gasteiger partial charge in [0.15, 0.2) is 0 Å². The number of ether oxygens (including phenoxy) is 2. The molecular formula is C45H92N2O3. The highest BCUT2D eigenvalue weighted by Gasteiger charge is 2.47. The van der Waals surface area contributed by atoms with Crippen molar-refractivity contribution in [1.82, 2.24) is 9.80 Å². The molecule has 1 aliphatic rings. The summed E-state index contributed by atoms with van der Waals surface area (Å²) in [4.78, 5) is 19.2. The van der Waals surface area contributed by atoms with Gasteiger partial charge in [0.1, 0.15) is 5.60 Å². The van der Waals surface area contributed by atoms with Crippen molar-refractivity contribution < 1.29 is 14.3 Å². The Morgan fingerprint density at radius 1 is 0.500 bits per heavy atom. The molecule has 0 aromatic heterocycles. The molecule has 1 saturated heterocycles. The van der Waals surface area contributed by atoms with Gasteiger partial charge in [-0.2, -0.15) is 0 Å². The summed E-state index contributed by atoms with van der Waals surface area (Å²) in [5.41, 5.74) is -0.820. The van der Waals surface area contributed by atoms with Crippen LogP contribution in [-0.2, 0) is 14.3 Å². The molecule has 1 rings (SSSR count). The summed E-state index contributed by atoms with van der Waals surface area (Å²) in [6.07, 6.45) is 4.76. The second kappa shape index (κ2) is 16.8. The van der Waals surface area contributed by atoms with E-state index in [2.05, 4.69) is 162 Å². The van der Waals surface area contributed by atoms with Crippen molar-refractivity contribution in [1.29, 1.82) is 0 Å². The lowest BCUT2D eigenvalue weighted by molar-refractivity contribution is -0.174. The van der Waals surface area contributed by atoms with E-state index in [9.17, 15) is 4.79 Å². The number of carbonyl (C=O) groups excluding carboxylic acids is 1. The van der Waals surface area contributed by atoms with Crippen LogP contribution in [-0.4, -0.2) is 70.8 Å². The Balaban J connectivity index is 0.0000118. The van der Waals surface area contributed by atoms with Gasteiger partial charge in [-0.25, -0.2) is 0 Å². The van der Waals surface area contributed by atoms with Crippen molar-refractivity contribution in [3.05, 3.63) is 0 Å². The zero-order chi connectivity index (χ0) is 40.2. The number of carbonyl (C=O) groups is 1. The predicted molar refractivity (Wildman–Crippen MR) is 220 cm³/mol. The molecule has 5 heteroatoms. The quantitative estimate of drug-likeness (QED) is 0.149. The van der Waals surface area contributed by atoms with Crippen molar-refractivity contribution >= 4 is 5.97 Å². The van der Waals surface area contributed by atoms with Crippen LogP contribution in [0, 0.1) is 32.5 Å². The molecule has 0 amide bonds. The molecule has 0 radical (unpaired) electrons. The molecule has 0 bridgehead atoms. The van der Waals surface area contributed by atoms with Crippen LogP contribution in [0.4, 0.5) is 0 Å². The van der Waals surface area contributed by atoms with Crippen molar-refractivity contribution in [3.8, 4) is 0 Å². The van der Waals surface area contributed by atoms with E-state index in [4.69, 9.17) is 9.47 Å². The Morgan fingerprint density at radius 3 is 1.26 bits per heavy atom. The van der Waals surface area contributed by atoms with Crippen molar-refractivity contribution in [3.63, 3.8) is 0 Å². The molecule has 300 valence electrons. The zero-order valence-electron chi connectivity index (χ0n) is 38.7. The number of rotatable bonds is 16. The lowest BCUT2D eigenvalue weighted by atomic mass is 9.62. The summed E-state index contributed by atoms with van der Waals surface area (Å²) in [6, 6.07) is 0.